The monoisotopic (exact) mass is 894 g/mol. The Kier molecular flexibility index (Phi) is 8.26. The van der Waals surface area contributed by atoms with Crippen molar-refractivity contribution in [3.05, 3.63) is 231 Å². The van der Waals surface area contributed by atoms with Crippen LogP contribution >= 0.6 is 0 Å². The predicted molar refractivity (Wildman–Crippen MR) is 287 cm³/mol. The van der Waals surface area contributed by atoms with Crippen molar-refractivity contribution in [2.75, 3.05) is 0 Å². The molecule has 0 saturated carbocycles. The van der Waals surface area contributed by atoms with Crippen molar-refractivity contribution < 1.29 is 8.83 Å². The first-order chi connectivity index (χ1) is 34.7. The highest BCUT2D eigenvalue weighted by atomic mass is 16.3. The summed E-state index contributed by atoms with van der Waals surface area (Å²) in [5, 5.41) is 9.14. The fourth-order valence-corrected chi connectivity index (χ4v) is 10.8. The first kappa shape index (κ1) is 38.6. The second-order valence-corrected chi connectivity index (χ2v) is 18.1. The molecule has 5 heterocycles. The van der Waals surface area contributed by atoms with Gasteiger partial charge in [0.1, 0.15) is 22.3 Å². The molecule has 0 saturated heterocycles. The standard InChI is InChI=1S/C64H38N4O2/c1-4-14-39(15-5-1)54-36-55(66-64(65-54)41-16-6-2-7-17-41)40-24-28-45(29-25-40)68-57-31-27-43(33-49(57)51-35-53-47-21-11-13-23-61(47)70-63(53)38-59(51)68)42-26-30-56-48(32-42)50-34-52-46-20-10-12-22-60(46)69-62(52)37-58(50)67(56)44-18-8-3-9-19-44/h1-38H. The van der Waals surface area contributed by atoms with Crippen molar-refractivity contribution in [1.82, 2.24) is 19.1 Å². The summed E-state index contributed by atoms with van der Waals surface area (Å²) in [7, 11) is 0. The van der Waals surface area contributed by atoms with Gasteiger partial charge in [0.05, 0.1) is 33.5 Å². The molecule has 0 aliphatic heterocycles. The molecule has 0 radical (unpaired) electrons. The average molecular weight is 895 g/mol. The second kappa shape index (κ2) is 15.0. The largest absolute Gasteiger partial charge is 0.456 e. The quantitative estimate of drug-likeness (QED) is 0.167. The summed E-state index contributed by atoms with van der Waals surface area (Å²) in [5.74, 6) is 0.694. The van der Waals surface area contributed by atoms with Crippen LogP contribution in [0.2, 0.25) is 0 Å². The van der Waals surface area contributed by atoms with Gasteiger partial charge in [-0.15, -0.1) is 0 Å². The smallest absolute Gasteiger partial charge is 0.160 e. The Morgan fingerprint density at radius 1 is 0.257 bits per heavy atom. The lowest BCUT2D eigenvalue weighted by Crippen LogP contribution is -1.97. The van der Waals surface area contributed by atoms with Gasteiger partial charge in [-0.1, -0.05) is 140 Å². The predicted octanol–water partition coefficient (Wildman–Crippen LogP) is 17.1. The van der Waals surface area contributed by atoms with E-state index in [-0.39, 0.29) is 0 Å². The minimum Gasteiger partial charge on any atom is -0.456 e. The first-order valence-electron chi connectivity index (χ1n) is 23.6. The molecule has 15 rings (SSSR count). The van der Waals surface area contributed by atoms with Crippen LogP contribution in [0.5, 0.6) is 0 Å². The van der Waals surface area contributed by atoms with Crippen LogP contribution in [0.3, 0.4) is 0 Å². The molecular weight excluding hydrogens is 857 g/mol. The van der Waals surface area contributed by atoms with E-state index in [1.807, 2.05) is 60.7 Å². The second-order valence-electron chi connectivity index (χ2n) is 18.1. The molecule has 15 aromatic rings. The van der Waals surface area contributed by atoms with Crippen molar-refractivity contribution in [2.24, 2.45) is 0 Å². The first-order valence-corrected chi connectivity index (χ1v) is 23.6. The van der Waals surface area contributed by atoms with Crippen LogP contribution < -0.4 is 0 Å². The van der Waals surface area contributed by atoms with E-state index in [9.17, 15) is 0 Å². The van der Waals surface area contributed by atoms with Crippen LogP contribution in [0.25, 0.3) is 144 Å². The van der Waals surface area contributed by atoms with Crippen LogP contribution in [0.1, 0.15) is 0 Å². The third-order valence-corrected chi connectivity index (χ3v) is 14.1. The Labute approximate surface area is 400 Å². The molecule has 10 aromatic carbocycles. The molecule has 326 valence electrons. The van der Waals surface area contributed by atoms with E-state index in [0.717, 1.165) is 127 Å². The number of furan rings is 2. The maximum Gasteiger partial charge on any atom is 0.160 e. The zero-order valence-corrected chi connectivity index (χ0v) is 37.5. The number of nitrogens with zero attached hydrogens (tertiary/aromatic N) is 4. The maximum absolute atomic E-state index is 6.53. The highest BCUT2D eigenvalue weighted by Crippen LogP contribution is 2.43. The van der Waals surface area contributed by atoms with Crippen LogP contribution in [-0.2, 0) is 0 Å². The van der Waals surface area contributed by atoms with Crippen molar-refractivity contribution in [3.63, 3.8) is 0 Å². The van der Waals surface area contributed by atoms with Crippen molar-refractivity contribution in [3.8, 4) is 56.4 Å². The molecule has 6 nitrogen and oxygen atoms in total. The minimum absolute atomic E-state index is 0.694. The zero-order chi connectivity index (χ0) is 45.9. The SMILES string of the molecule is c1ccc(-c2cc(-c3ccc(-n4c5ccc(-c6ccc7c(c6)c6cc8c(cc6n7-c6ccccc6)oc6ccccc68)cc5c5cc6c(cc54)oc4ccccc46)cc3)nc(-c3ccccc3)n2)cc1. The van der Waals surface area contributed by atoms with E-state index < -0.39 is 0 Å². The summed E-state index contributed by atoms with van der Waals surface area (Å²) >= 11 is 0. The number of hydrogen-bond donors (Lipinski definition) is 0. The highest BCUT2D eigenvalue weighted by Gasteiger charge is 2.21. The average Bonchev–Trinajstić information content (AvgIpc) is 4.17. The van der Waals surface area contributed by atoms with Crippen molar-refractivity contribution in [1.29, 1.82) is 0 Å². The topological polar surface area (TPSA) is 61.9 Å². The molecule has 0 aliphatic rings. The van der Waals surface area contributed by atoms with Crippen LogP contribution in [0.4, 0.5) is 0 Å². The summed E-state index contributed by atoms with van der Waals surface area (Å²) < 4.78 is 17.7. The molecule has 0 amide bonds. The minimum atomic E-state index is 0.694. The lowest BCUT2D eigenvalue weighted by molar-refractivity contribution is 0.669. The molecule has 0 fully saturated rings. The van der Waals surface area contributed by atoms with Gasteiger partial charge in [-0.2, -0.15) is 0 Å². The highest BCUT2D eigenvalue weighted by molar-refractivity contribution is 6.20. The molecule has 5 aromatic heterocycles. The number of rotatable bonds is 6. The van der Waals surface area contributed by atoms with Gasteiger partial charge in [0.25, 0.3) is 0 Å². The summed E-state index contributed by atoms with van der Waals surface area (Å²) in [6.07, 6.45) is 0. The van der Waals surface area contributed by atoms with Gasteiger partial charge < -0.3 is 18.0 Å². The lowest BCUT2D eigenvalue weighted by Gasteiger charge is -2.12. The number of benzene rings is 10. The molecule has 0 N–H and O–H groups in total. The Balaban J connectivity index is 0.911. The maximum atomic E-state index is 6.53. The van der Waals surface area contributed by atoms with E-state index in [1.165, 1.54) is 10.8 Å². The van der Waals surface area contributed by atoms with Crippen molar-refractivity contribution in [2.45, 2.75) is 0 Å². The fourth-order valence-electron chi connectivity index (χ4n) is 10.8. The van der Waals surface area contributed by atoms with E-state index >= 15 is 0 Å². The number of aromatic nitrogens is 4. The van der Waals surface area contributed by atoms with E-state index in [4.69, 9.17) is 18.8 Å². The van der Waals surface area contributed by atoms with Gasteiger partial charge in [-0.05, 0) is 90.0 Å². The Hall–Kier alpha value is -9.52. The third-order valence-electron chi connectivity index (χ3n) is 14.1. The molecule has 0 atom stereocenters. The molecular formula is C64H38N4O2. The Morgan fingerprint density at radius 2 is 0.671 bits per heavy atom. The van der Waals surface area contributed by atoms with Gasteiger partial charge in [0, 0.05) is 83.3 Å². The number of fused-ring (bicyclic) bond motifs is 12. The third kappa shape index (κ3) is 5.93. The lowest BCUT2D eigenvalue weighted by atomic mass is 10.00. The molecule has 0 aliphatic carbocycles. The van der Waals surface area contributed by atoms with Crippen LogP contribution in [0.15, 0.2) is 239 Å². The Morgan fingerprint density at radius 3 is 1.20 bits per heavy atom. The summed E-state index contributed by atoms with van der Waals surface area (Å²) in [4.78, 5) is 10.2. The van der Waals surface area contributed by atoms with Gasteiger partial charge >= 0.3 is 0 Å². The zero-order valence-electron chi connectivity index (χ0n) is 37.5. The molecule has 0 spiro atoms. The number of para-hydroxylation sites is 3. The van der Waals surface area contributed by atoms with Gasteiger partial charge in [-0.3, -0.25) is 0 Å². The fraction of sp³-hybridized carbons (Fsp3) is 0. The van der Waals surface area contributed by atoms with Crippen LogP contribution in [-0.4, -0.2) is 19.1 Å². The van der Waals surface area contributed by atoms with E-state index in [1.54, 1.807) is 0 Å². The van der Waals surface area contributed by atoms with Gasteiger partial charge in [0.15, 0.2) is 5.82 Å². The van der Waals surface area contributed by atoms with Gasteiger partial charge in [0.2, 0.25) is 0 Å². The molecule has 0 unspecified atom stereocenters. The number of hydrogen-bond acceptors (Lipinski definition) is 4. The van der Waals surface area contributed by atoms with Crippen LogP contribution in [0, 0.1) is 0 Å². The van der Waals surface area contributed by atoms with Gasteiger partial charge in [-0.25, -0.2) is 9.97 Å². The normalized spacial score (nSPS) is 12.0. The summed E-state index contributed by atoms with van der Waals surface area (Å²) in [6.45, 7) is 0. The summed E-state index contributed by atoms with van der Waals surface area (Å²) in [5.41, 5.74) is 17.2. The van der Waals surface area contributed by atoms with E-state index in [0.29, 0.717) is 5.82 Å². The Bertz CT molecular complexity index is 4510. The molecule has 6 heteroatoms. The summed E-state index contributed by atoms with van der Waals surface area (Å²) in [6, 6.07) is 81.5. The molecule has 70 heavy (non-hydrogen) atoms. The molecule has 0 bridgehead atoms. The van der Waals surface area contributed by atoms with Crippen molar-refractivity contribution >= 4 is 87.5 Å². The van der Waals surface area contributed by atoms with E-state index in [2.05, 4.69) is 179 Å².